The first kappa shape index (κ1) is 17.2. The van der Waals surface area contributed by atoms with Crippen molar-refractivity contribution in [2.75, 3.05) is 26.2 Å². The number of non-ortho nitro benzene ring substituents is 1. The molecule has 1 aliphatic rings. The van der Waals surface area contributed by atoms with Crippen molar-refractivity contribution in [2.24, 2.45) is 11.7 Å². The van der Waals surface area contributed by atoms with Crippen molar-refractivity contribution in [1.82, 2.24) is 4.90 Å². The molecule has 1 unspecified atom stereocenters. The van der Waals surface area contributed by atoms with Gasteiger partial charge in [0, 0.05) is 25.2 Å². The molecule has 1 amide bonds. The molecule has 7 nitrogen and oxygen atoms in total. The zero-order valence-corrected chi connectivity index (χ0v) is 12.3. The number of likely N-dealkylation sites (tertiary alicyclic amines) is 1. The summed E-state index contributed by atoms with van der Waals surface area (Å²) in [6.07, 6.45) is 0.930. The molecule has 2 rings (SSSR count). The molecule has 1 heterocycles. The predicted octanol–water partition coefficient (Wildman–Crippen LogP) is 1.20. The highest BCUT2D eigenvalue weighted by molar-refractivity contribution is 5.85. The van der Waals surface area contributed by atoms with Crippen LogP contribution in [0.4, 0.5) is 5.69 Å². The van der Waals surface area contributed by atoms with E-state index in [4.69, 9.17) is 10.5 Å². The van der Waals surface area contributed by atoms with Crippen LogP contribution in [0, 0.1) is 16.0 Å². The van der Waals surface area contributed by atoms with E-state index >= 15 is 0 Å². The number of rotatable bonds is 5. The summed E-state index contributed by atoms with van der Waals surface area (Å²) in [5, 5.41) is 10.5. The Morgan fingerprint density at radius 2 is 2.10 bits per heavy atom. The van der Waals surface area contributed by atoms with Gasteiger partial charge in [-0.1, -0.05) is 0 Å². The first-order chi connectivity index (χ1) is 9.60. The number of amides is 1. The maximum Gasteiger partial charge on any atom is 0.269 e. The van der Waals surface area contributed by atoms with Gasteiger partial charge in [-0.2, -0.15) is 0 Å². The Bertz CT molecular complexity index is 495. The minimum Gasteiger partial charge on any atom is -0.484 e. The van der Waals surface area contributed by atoms with Crippen molar-refractivity contribution in [2.45, 2.75) is 6.42 Å². The maximum absolute atomic E-state index is 11.9. The molecule has 0 aliphatic carbocycles. The first-order valence-electron chi connectivity index (χ1n) is 6.45. The van der Waals surface area contributed by atoms with Crippen molar-refractivity contribution in [3.63, 3.8) is 0 Å². The molecule has 1 saturated heterocycles. The van der Waals surface area contributed by atoms with Crippen LogP contribution in [0.1, 0.15) is 6.42 Å². The van der Waals surface area contributed by atoms with Gasteiger partial charge in [-0.15, -0.1) is 12.4 Å². The van der Waals surface area contributed by atoms with E-state index in [0.717, 1.165) is 6.42 Å². The van der Waals surface area contributed by atoms with Crippen LogP contribution in [0.15, 0.2) is 24.3 Å². The summed E-state index contributed by atoms with van der Waals surface area (Å²) in [4.78, 5) is 23.7. The summed E-state index contributed by atoms with van der Waals surface area (Å²) in [7, 11) is 0. The number of nitrogens with two attached hydrogens (primary N) is 1. The summed E-state index contributed by atoms with van der Waals surface area (Å²) >= 11 is 0. The standard InChI is InChI=1S/C13H17N3O4.ClH/c14-7-10-5-6-15(8-10)13(17)9-20-12-3-1-11(2-4-12)16(18)19;/h1-4,10H,5-9,14H2;1H. The average molecular weight is 316 g/mol. The second kappa shape index (κ2) is 7.80. The van der Waals surface area contributed by atoms with E-state index in [1.165, 1.54) is 24.3 Å². The lowest BCUT2D eigenvalue weighted by molar-refractivity contribution is -0.384. The number of halogens is 1. The largest absolute Gasteiger partial charge is 0.484 e. The van der Waals surface area contributed by atoms with E-state index in [9.17, 15) is 14.9 Å². The molecule has 1 atom stereocenters. The van der Waals surface area contributed by atoms with Crippen LogP contribution < -0.4 is 10.5 Å². The lowest BCUT2D eigenvalue weighted by Crippen LogP contribution is -2.33. The van der Waals surface area contributed by atoms with Crippen LogP contribution in [0.25, 0.3) is 0 Å². The Balaban J connectivity index is 0.00000220. The molecule has 0 saturated carbocycles. The number of carbonyl (C=O) groups is 1. The Labute approximate surface area is 128 Å². The molecule has 1 fully saturated rings. The van der Waals surface area contributed by atoms with Gasteiger partial charge in [0.25, 0.3) is 11.6 Å². The Morgan fingerprint density at radius 1 is 1.43 bits per heavy atom. The number of hydrogen-bond donors (Lipinski definition) is 1. The summed E-state index contributed by atoms with van der Waals surface area (Å²) in [5.74, 6) is 0.733. The van der Waals surface area contributed by atoms with Gasteiger partial charge >= 0.3 is 0 Å². The highest BCUT2D eigenvalue weighted by Gasteiger charge is 2.25. The van der Waals surface area contributed by atoms with Gasteiger partial charge < -0.3 is 15.4 Å². The predicted molar refractivity (Wildman–Crippen MR) is 79.6 cm³/mol. The number of nitro benzene ring substituents is 1. The SMILES string of the molecule is Cl.NCC1CCN(C(=O)COc2ccc([N+](=O)[O-])cc2)C1. The van der Waals surface area contributed by atoms with Crippen LogP contribution in [0.2, 0.25) is 0 Å². The van der Waals surface area contributed by atoms with Gasteiger partial charge in [0.1, 0.15) is 5.75 Å². The first-order valence-corrected chi connectivity index (χ1v) is 6.45. The van der Waals surface area contributed by atoms with Gasteiger partial charge in [-0.05, 0) is 31.0 Å². The van der Waals surface area contributed by atoms with Crippen LogP contribution in [0.5, 0.6) is 5.75 Å². The van der Waals surface area contributed by atoms with E-state index in [2.05, 4.69) is 0 Å². The molecule has 21 heavy (non-hydrogen) atoms. The van der Waals surface area contributed by atoms with Crippen LogP contribution >= 0.6 is 12.4 Å². The summed E-state index contributed by atoms with van der Waals surface area (Å²) in [6, 6.07) is 5.66. The fourth-order valence-corrected chi connectivity index (χ4v) is 2.15. The average Bonchev–Trinajstić information content (AvgIpc) is 2.94. The molecular formula is C13H18ClN3O4. The zero-order valence-electron chi connectivity index (χ0n) is 11.4. The van der Waals surface area contributed by atoms with Crippen LogP contribution in [-0.2, 0) is 4.79 Å². The normalized spacial score (nSPS) is 17.2. The molecular weight excluding hydrogens is 298 g/mol. The van der Waals surface area contributed by atoms with Gasteiger partial charge in [0.15, 0.2) is 6.61 Å². The summed E-state index contributed by atoms with van der Waals surface area (Å²) in [5.41, 5.74) is 5.57. The molecule has 1 aromatic rings. The third-order valence-corrected chi connectivity index (χ3v) is 3.38. The van der Waals surface area contributed by atoms with Gasteiger partial charge in [-0.25, -0.2) is 0 Å². The molecule has 1 aliphatic heterocycles. The molecule has 0 aromatic heterocycles. The number of nitro groups is 1. The lowest BCUT2D eigenvalue weighted by Gasteiger charge is -2.16. The second-order valence-electron chi connectivity index (χ2n) is 4.77. The smallest absolute Gasteiger partial charge is 0.269 e. The molecule has 2 N–H and O–H groups in total. The Hall–Kier alpha value is -1.86. The van der Waals surface area contributed by atoms with Crippen molar-refractivity contribution < 1.29 is 14.5 Å². The van der Waals surface area contributed by atoms with E-state index in [1.54, 1.807) is 4.90 Å². The Morgan fingerprint density at radius 3 is 2.62 bits per heavy atom. The highest BCUT2D eigenvalue weighted by Crippen LogP contribution is 2.18. The van der Waals surface area contributed by atoms with Gasteiger partial charge in [0.2, 0.25) is 0 Å². The number of nitrogens with zero attached hydrogens (tertiary/aromatic N) is 2. The molecule has 0 spiro atoms. The fraction of sp³-hybridized carbons (Fsp3) is 0.462. The number of benzene rings is 1. The van der Waals surface area contributed by atoms with E-state index in [1.807, 2.05) is 0 Å². The third-order valence-electron chi connectivity index (χ3n) is 3.38. The minimum atomic E-state index is -0.480. The lowest BCUT2D eigenvalue weighted by atomic mass is 10.1. The van der Waals surface area contributed by atoms with Crippen molar-refractivity contribution >= 4 is 24.0 Å². The van der Waals surface area contributed by atoms with Crippen molar-refractivity contribution in [1.29, 1.82) is 0 Å². The van der Waals surface area contributed by atoms with Crippen molar-refractivity contribution in [3.8, 4) is 5.75 Å². The molecule has 116 valence electrons. The van der Waals surface area contributed by atoms with Crippen molar-refractivity contribution in [3.05, 3.63) is 34.4 Å². The zero-order chi connectivity index (χ0) is 14.5. The Kier molecular flexibility index (Phi) is 6.39. The quantitative estimate of drug-likeness (QED) is 0.650. The topological polar surface area (TPSA) is 98.7 Å². The number of hydrogen-bond acceptors (Lipinski definition) is 5. The number of ether oxygens (including phenoxy) is 1. The fourth-order valence-electron chi connectivity index (χ4n) is 2.15. The summed E-state index contributed by atoms with van der Waals surface area (Å²) in [6.45, 7) is 1.92. The molecule has 0 bridgehead atoms. The summed E-state index contributed by atoms with van der Waals surface area (Å²) < 4.78 is 5.34. The van der Waals surface area contributed by atoms with Crippen LogP contribution in [0.3, 0.4) is 0 Å². The maximum atomic E-state index is 11.9. The van der Waals surface area contributed by atoms with E-state index < -0.39 is 4.92 Å². The monoisotopic (exact) mass is 315 g/mol. The highest BCUT2D eigenvalue weighted by atomic mass is 35.5. The molecule has 0 radical (unpaired) electrons. The molecule has 1 aromatic carbocycles. The molecule has 8 heteroatoms. The minimum absolute atomic E-state index is 0. The third kappa shape index (κ3) is 4.57. The van der Waals surface area contributed by atoms with E-state index in [0.29, 0.717) is 31.3 Å². The van der Waals surface area contributed by atoms with E-state index in [-0.39, 0.29) is 30.6 Å². The van der Waals surface area contributed by atoms with Gasteiger partial charge in [0.05, 0.1) is 4.92 Å². The second-order valence-corrected chi connectivity index (χ2v) is 4.77. The van der Waals surface area contributed by atoms with Crippen LogP contribution in [-0.4, -0.2) is 42.0 Å². The number of carbonyl (C=O) groups excluding carboxylic acids is 1. The van der Waals surface area contributed by atoms with Gasteiger partial charge in [-0.3, -0.25) is 14.9 Å².